The van der Waals surface area contributed by atoms with Gasteiger partial charge in [0.1, 0.15) is 11.2 Å². The molecule has 0 aliphatic rings. The Morgan fingerprint density at radius 3 is 1.34 bits per heavy atom. The van der Waals surface area contributed by atoms with Crippen molar-refractivity contribution in [3.63, 3.8) is 0 Å². The van der Waals surface area contributed by atoms with E-state index in [0.717, 1.165) is 50.1 Å². The molecule has 0 spiro atoms. The lowest BCUT2D eigenvalue weighted by atomic mass is 9.89. The van der Waals surface area contributed by atoms with Gasteiger partial charge in [0, 0.05) is 22.0 Å². The second-order valence-corrected chi connectivity index (χ2v) is 14.8. The molecule has 0 radical (unpaired) electrons. The molecule has 0 saturated heterocycles. The maximum atomic E-state index is 6.53. The van der Waals surface area contributed by atoms with Crippen LogP contribution in [-0.2, 0) is 0 Å². The van der Waals surface area contributed by atoms with Crippen molar-refractivity contribution in [1.82, 2.24) is 0 Å². The minimum atomic E-state index is 0.859. The Labute approximate surface area is 337 Å². The Hall–Kier alpha value is -7.68. The summed E-state index contributed by atoms with van der Waals surface area (Å²) in [6, 6.07) is 80.7. The molecule has 0 N–H and O–H groups in total. The van der Waals surface area contributed by atoms with Crippen LogP contribution in [0.15, 0.2) is 229 Å². The van der Waals surface area contributed by atoms with Crippen molar-refractivity contribution < 1.29 is 4.42 Å². The summed E-state index contributed by atoms with van der Waals surface area (Å²) in [6.45, 7) is 0. The Morgan fingerprint density at radius 2 is 0.741 bits per heavy atom. The van der Waals surface area contributed by atoms with Crippen molar-refractivity contribution >= 4 is 60.5 Å². The number of hydrogen-bond acceptors (Lipinski definition) is 2. The molecule has 272 valence electrons. The molecule has 0 aliphatic carbocycles. The van der Waals surface area contributed by atoms with Crippen molar-refractivity contribution in [3.8, 4) is 44.5 Å². The Bertz CT molecular complexity index is 3200. The highest BCUT2D eigenvalue weighted by Gasteiger charge is 2.26. The predicted molar refractivity (Wildman–Crippen MR) is 245 cm³/mol. The van der Waals surface area contributed by atoms with E-state index in [-0.39, 0.29) is 0 Å². The van der Waals surface area contributed by atoms with Crippen LogP contribution in [0.4, 0.5) is 17.1 Å². The molecule has 11 aromatic rings. The summed E-state index contributed by atoms with van der Waals surface area (Å²) < 4.78 is 6.53. The van der Waals surface area contributed by atoms with E-state index in [4.69, 9.17) is 4.42 Å². The molecule has 0 unspecified atom stereocenters. The zero-order valence-corrected chi connectivity index (χ0v) is 31.7. The lowest BCUT2D eigenvalue weighted by molar-refractivity contribution is 0.669. The summed E-state index contributed by atoms with van der Waals surface area (Å²) in [5, 5.41) is 7.01. The summed E-state index contributed by atoms with van der Waals surface area (Å²) in [4.78, 5) is 2.47. The average Bonchev–Trinajstić information content (AvgIpc) is 3.70. The van der Waals surface area contributed by atoms with E-state index >= 15 is 0 Å². The van der Waals surface area contributed by atoms with Crippen molar-refractivity contribution in [2.24, 2.45) is 0 Å². The van der Waals surface area contributed by atoms with Gasteiger partial charge >= 0.3 is 0 Å². The highest BCUT2D eigenvalue weighted by atomic mass is 16.3. The van der Waals surface area contributed by atoms with Crippen LogP contribution in [-0.4, -0.2) is 0 Å². The SMILES string of the molecule is c1ccc(-c2cc(-c3ccccc3)cc(-c3ccc(N(c4c(-c5ccccc5)c5ccccc5c5ccccc45)c4cccc5oc6ccccc6c45)cc3)c2)cc1. The summed E-state index contributed by atoms with van der Waals surface area (Å²) in [7, 11) is 0. The first kappa shape index (κ1) is 33.6. The number of anilines is 3. The van der Waals surface area contributed by atoms with E-state index in [1.54, 1.807) is 0 Å². The number of benzene rings is 10. The molecule has 1 heterocycles. The van der Waals surface area contributed by atoms with Crippen LogP contribution in [0.25, 0.3) is 88.0 Å². The van der Waals surface area contributed by atoms with Crippen LogP contribution >= 0.6 is 0 Å². The Kier molecular flexibility index (Phi) is 8.19. The lowest BCUT2D eigenvalue weighted by Gasteiger charge is -2.31. The van der Waals surface area contributed by atoms with Gasteiger partial charge in [0.2, 0.25) is 0 Å². The number of furan rings is 1. The highest BCUT2D eigenvalue weighted by molar-refractivity contribution is 6.24. The molecule has 10 aromatic carbocycles. The van der Waals surface area contributed by atoms with Crippen LogP contribution in [0.1, 0.15) is 0 Å². The third-order valence-corrected chi connectivity index (χ3v) is 11.4. The summed E-state index contributed by atoms with van der Waals surface area (Å²) in [5.74, 6) is 0. The largest absolute Gasteiger partial charge is 0.456 e. The second kappa shape index (κ2) is 14.1. The van der Waals surface area contributed by atoms with Gasteiger partial charge in [-0.3, -0.25) is 0 Å². The van der Waals surface area contributed by atoms with Crippen molar-refractivity contribution in [3.05, 3.63) is 224 Å². The molecule has 2 heteroatoms. The topological polar surface area (TPSA) is 16.4 Å². The van der Waals surface area contributed by atoms with Gasteiger partial charge in [-0.15, -0.1) is 0 Å². The molecule has 0 saturated carbocycles. The fraction of sp³-hybridized carbons (Fsp3) is 0. The van der Waals surface area contributed by atoms with Crippen LogP contribution in [0.3, 0.4) is 0 Å². The van der Waals surface area contributed by atoms with Gasteiger partial charge < -0.3 is 9.32 Å². The minimum absolute atomic E-state index is 0.859. The van der Waals surface area contributed by atoms with Gasteiger partial charge in [0.05, 0.1) is 16.8 Å². The third kappa shape index (κ3) is 5.74. The molecule has 2 nitrogen and oxygen atoms in total. The number of nitrogens with zero attached hydrogens (tertiary/aromatic N) is 1. The van der Waals surface area contributed by atoms with Gasteiger partial charge in [-0.1, -0.05) is 176 Å². The maximum absolute atomic E-state index is 6.53. The van der Waals surface area contributed by atoms with Gasteiger partial charge in [0.15, 0.2) is 0 Å². The zero-order chi connectivity index (χ0) is 38.4. The van der Waals surface area contributed by atoms with Crippen LogP contribution in [0, 0.1) is 0 Å². The number of hydrogen-bond donors (Lipinski definition) is 0. The van der Waals surface area contributed by atoms with Crippen molar-refractivity contribution in [1.29, 1.82) is 0 Å². The van der Waals surface area contributed by atoms with Crippen LogP contribution in [0.5, 0.6) is 0 Å². The van der Waals surface area contributed by atoms with Crippen molar-refractivity contribution in [2.75, 3.05) is 4.90 Å². The van der Waals surface area contributed by atoms with E-state index in [1.807, 2.05) is 6.07 Å². The van der Waals surface area contributed by atoms with Gasteiger partial charge in [0.25, 0.3) is 0 Å². The molecule has 11 rings (SSSR count). The zero-order valence-electron chi connectivity index (χ0n) is 31.7. The first-order valence-electron chi connectivity index (χ1n) is 19.8. The molecule has 58 heavy (non-hydrogen) atoms. The van der Waals surface area contributed by atoms with Gasteiger partial charge in [-0.05, 0) is 104 Å². The maximum Gasteiger partial charge on any atom is 0.137 e. The second-order valence-electron chi connectivity index (χ2n) is 14.8. The van der Waals surface area contributed by atoms with Crippen molar-refractivity contribution in [2.45, 2.75) is 0 Å². The summed E-state index contributed by atoms with van der Waals surface area (Å²) in [5.41, 5.74) is 14.4. The quantitative estimate of drug-likeness (QED) is 0.151. The molecule has 1 aromatic heterocycles. The van der Waals surface area contributed by atoms with E-state index in [0.29, 0.717) is 0 Å². The number of rotatable bonds is 7. The summed E-state index contributed by atoms with van der Waals surface area (Å²) >= 11 is 0. The number of para-hydroxylation sites is 1. The van der Waals surface area contributed by atoms with E-state index in [9.17, 15) is 0 Å². The monoisotopic (exact) mass is 739 g/mol. The van der Waals surface area contributed by atoms with Gasteiger partial charge in [-0.2, -0.15) is 0 Å². The first-order chi connectivity index (χ1) is 28.8. The molecular weight excluding hydrogens is 703 g/mol. The molecular formula is C56H37NO. The highest BCUT2D eigenvalue weighted by Crippen LogP contribution is 2.51. The molecule has 0 aliphatic heterocycles. The van der Waals surface area contributed by atoms with Crippen LogP contribution in [0.2, 0.25) is 0 Å². The predicted octanol–water partition coefficient (Wildman–Crippen LogP) is 16.0. The molecule has 0 amide bonds. The normalized spacial score (nSPS) is 11.4. The van der Waals surface area contributed by atoms with E-state index in [1.165, 1.54) is 54.9 Å². The smallest absolute Gasteiger partial charge is 0.137 e. The minimum Gasteiger partial charge on any atom is -0.456 e. The lowest BCUT2D eigenvalue weighted by Crippen LogP contribution is -2.12. The van der Waals surface area contributed by atoms with Crippen LogP contribution < -0.4 is 4.90 Å². The third-order valence-electron chi connectivity index (χ3n) is 11.4. The molecule has 0 bridgehead atoms. The number of fused-ring (bicyclic) bond motifs is 6. The van der Waals surface area contributed by atoms with Gasteiger partial charge in [-0.25, -0.2) is 0 Å². The standard InChI is InChI=1S/C56H37NO/c1-4-17-38(18-5-1)42-35-43(39-19-6-2-7-20-39)37-44(36-42)40-31-33-45(34-32-40)57(51-28-16-30-53-55(51)50-27-14-15-29-52(50)58-53)56-49-26-13-11-24-47(49)46-23-10-12-25-48(46)54(56)41-21-8-3-9-22-41/h1-37H. The fourth-order valence-electron chi connectivity index (χ4n) is 8.77. The van der Waals surface area contributed by atoms with E-state index < -0.39 is 0 Å². The molecule has 0 fully saturated rings. The Morgan fingerprint density at radius 1 is 0.293 bits per heavy atom. The fourth-order valence-corrected chi connectivity index (χ4v) is 8.77. The van der Waals surface area contributed by atoms with E-state index in [2.05, 4.69) is 223 Å². The summed E-state index contributed by atoms with van der Waals surface area (Å²) in [6.07, 6.45) is 0. The first-order valence-corrected chi connectivity index (χ1v) is 19.8. The Balaban J connectivity index is 1.19. The molecule has 0 atom stereocenters. The average molecular weight is 740 g/mol.